The van der Waals surface area contributed by atoms with Crippen molar-refractivity contribution >= 4 is 0 Å². The van der Waals surface area contributed by atoms with E-state index in [0.29, 0.717) is 0 Å². The first-order valence-corrected chi connectivity index (χ1v) is 10.3. The van der Waals surface area contributed by atoms with Crippen molar-refractivity contribution in [2.75, 3.05) is 32.7 Å². The fourth-order valence-corrected chi connectivity index (χ4v) is 4.11. The fraction of sp³-hybridized carbons (Fsp3) is 0.417. The Balaban J connectivity index is 1.26. The molecule has 1 fully saturated rings. The summed E-state index contributed by atoms with van der Waals surface area (Å²) >= 11 is 0. The van der Waals surface area contributed by atoms with Gasteiger partial charge in [-0.1, -0.05) is 42.5 Å². The van der Waals surface area contributed by atoms with Gasteiger partial charge in [-0.05, 0) is 55.0 Å². The van der Waals surface area contributed by atoms with Crippen LogP contribution in [-0.4, -0.2) is 42.5 Å². The lowest BCUT2D eigenvalue weighted by Gasteiger charge is -2.36. The third kappa shape index (κ3) is 5.44. The van der Waals surface area contributed by atoms with Gasteiger partial charge >= 0.3 is 0 Å². The van der Waals surface area contributed by atoms with E-state index in [-0.39, 0.29) is 0 Å². The first-order chi connectivity index (χ1) is 13.3. The monoisotopic (exact) mass is 362 g/mol. The van der Waals surface area contributed by atoms with Crippen molar-refractivity contribution in [2.24, 2.45) is 5.92 Å². The van der Waals surface area contributed by atoms with Crippen molar-refractivity contribution in [1.82, 2.24) is 9.80 Å². The summed E-state index contributed by atoms with van der Waals surface area (Å²) in [5.41, 5.74) is 1.33. The predicted octanol–water partition coefficient (Wildman–Crippen LogP) is 4.95. The van der Waals surface area contributed by atoms with E-state index in [2.05, 4.69) is 40.2 Å². The zero-order valence-corrected chi connectivity index (χ0v) is 16.1. The largest absolute Gasteiger partial charge is 0.457 e. The Bertz CT molecular complexity index is 735. The average Bonchev–Trinajstić information content (AvgIpc) is 2.71. The third-order valence-electron chi connectivity index (χ3n) is 5.64. The summed E-state index contributed by atoms with van der Waals surface area (Å²) in [5.74, 6) is 2.68. The van der Waals surface area contributed by atoms with Gasteiger partial charge in [0.25, 0.3) is 0 Å². The maximum atomic E-state index is 5.98. The Labute approximate surface area is 163 Å². The third-order valence-corrected chi connectivity index (χ3v) is 5.64. The second kappa shape index (κ2) is 9.20. The molecule has 2 aromatic rings. The number of rotatable bonds is 6. The molecule has 4 rings (SSSR count). The fourth-order valence-electron chi connectivity index (χ4n) is 4.11. The molecule has 2 aromatic carbocycles. The van der Waals surface area contributed by atoms with E-state index in [4.69, 9.17) is 4.74 Å². The van der Waals surface area contributed by atoms with Crippen LogP contribution in [-0.2, 0) is 6.54 Å². The molecule has 3 nitrogen and oxygen atoms in total. The molecule has 0 amide bonds. The second-order valence-corrected chi connectivity index (χ2v) is 7.79. The lowest BCUT2D eigenvalue weighted by Crippen LogP contribution is -2.47. The van der Waals surface area contributed by atoms with Crippen molar-refractivity contribution < 1.29 is 4.74 Å². The Morgan fingerprint density at radius 3 is 2.37 bits per heavy atom. The number of para-hydroxylation sites is 1. The van der Waals surface area contributed by atoms with Gasteiger partial charge in [-0.15, -0.1) is 0 Å². The number of piperazine rings is 1. The van der Waals surface area contributed by atoms with Crippen LogP contribution in [0, 0.1) is 5.92 Å². The molecule has 0 spiro atoms. The molecule has 2 aliphatic rings. The molecule has 1 aliphatic carbocycles. The summed E-state index contributed by atoms with van der Waals surface area (Å²) in [5, 5.41) is 0. The van der Waals surface area contributed by atoms with Gasteiger partial charge in [0.15, 0.2) is 0 Å². The van der Waals surface area contributed by atoms with E-state index in [1.807, 2.05) is 36.4 Å². The number of nitrogens with zero attached hydrogens (tertiary/aromatic N) is 2. The first-order valence-electron chi connectivity index (χ1n) is 10.3. The van der Waals surface area contributed by atoms with Crippen molar-refractivity contribution in [3.05, 3.63) is 72.3 Å². The summed E-state index contributed by atoms with van der Waals surface area (Å²) < 4.78 is 5.98. The van der Waals surface area contributed by atoms with E-state index < -0.39 is 0 Å². The van der Waals surface area contributed by atoms with E-state index in [1.54, 1.807) is 0 Å². The van der Waals surface area contributed by atoms with Crippen molar-refractivity contribution in [3.63, 3.8) is 0 Å². The second-order valence-electron chi connectivity index (χ2n) is 7.79. The highest BCUT2D eigenvalue weighted by Gasteiger charge is 2.20. The minimum Gasteiger partial charge on any atom is -0.457 e. The Hall–Kier alpha value is -2.10. The van der Waals surface area contributed by atoms with Gasteiger partial charge in [0, 0.05) is 39.3 Å². The highest BCUT2D eigenvalue weighted by molar-refractivity contribution is 5.33. The molecule has 142 valence electrons. The van der Waals surface area contributed by atoms with Gasteiger partial charge in [-0.3, -0.25) is 4.90 Å². The minimum atomic E-state index is 0.869. The molecule has 1 atom stereocenters. The van der Waals surface area contributed by atoms with Crippen molar-refractivity contribution in [2.45, 2.75) is 25.8 Å². The number of ether oxygens (including phenoxy) is 1. The summed E-state index contributed by atoms with van der Waals surface area (Å²) in [6.45, 7) is 6.99. The average molecular weight is 363 g/mol. The lowest BCUT2D eigenvalue weighted by atomic mass is 9.94. The zero-order chi connectivity index (χ0) is 18.3. The van der Waals surface area contributed by atoms with Gasteiger partial charge in [-0.25, -0.2) is 0 Å². The standard InChI is InChI=1S/C24H30N2O/c1-3-8-21(9-4-1)19-25-14-16-26(17-15-25)20-22-10-7-13-24(18-22)27-23-11-5-2-6-12-23/h1-3,5-7,10-13,18,21H,4,8-9,14-17,19-20H2. The maximum Gasteiger partial charge on any atom is 0.127 e. The summed E-state index contributed by atoms with van der Waals surface area (Å²) in [7, 11) is 0. The minimum absolute atomic E-state index is 0.869. The molecule has 0 aromatic heterocycles. The Morgan fingerprint density at radius 2 is 1.59 bits per heavy atom. The van der Waals surface area contributed by atoms with Crippen LogP contribution in [0.1, 0.15) is 24.8 Å². The quantitative estimate of drug-likeness (QED) is 0.676. The molecule has 1 heterocycles. The number of hydrogen-bond donors (Lipinski definition) is 0. The molecule has 0 bridgehead atoms. The van der Waals surface area contributed by atoms with Gasteiger partial charge < -0.3 is 9.64 Å². The molecule has 3 heteroatoms. The molecular formula is C24H30N2O. The van der Waals surface area contributed by atoms with Gasteiger partial charge in [0.2, 0.25) is 0 Å². The molecule has 27 heavy (non-hydrogen) atoms. The molecule has 0 radical (unpaired) electrons. The number of hydrogen-bond acceptors (Lipinski definition) is 3. The SMILES string of the molecule is C1=CCC(CN2CCN(Cc3cccc(Oc4ccccc4)c3)CC2)CC1. The van der Waals surface area contributed by atoms with Crippen LogP contribution in [0.4, 0.5) is 0 Å². The van der Waals surface area contributed by atoms with Crippen LogP contribution in [0.15, 0.2) is 66.7 Å². The zero-order valence-electron chi connectivity index (χ0n) is 16.1. The topological polar surface area (TPSA) is 15.7 Å². The highest BCUT2D eigenvalue weighted by Crippen LogP contribution is 2.23. The molecule has 1 unspecified atom stereocenters. The van der Waals surface area contributed by atoms with Gasteiger partial charge in [0.05, 0.1) is 0 Å². The molecule has 0 N–H and O–H groups in total. The lowest BCUT2D eigenvalue weighted by molar-refractivity contribution is 0.111. The van der Waals surface area contributed by atoms with Crippen LogP contribution in [0.25, 0.3) is 0 Å². The van der Waals surface area contributed by atoms with Crippen molar-refractivity contribution in [1.29, 1.82) is 0 Å². The van der Waals surface area contributed by atoms with Gasteiger partial charge in [0.1, 0.15) is 11.5 Å². The summed E-state index contributed by atoms with van der Waals surface area (Å²) in [4.78, 5) is 5.23. The van der Waals surface area contributed by atoms with Crippen LogP contribution >= 0.6 is 0 Å². The molecule has 0 saturated carbocycles. The first kappa shape index (κ1) is 18.3. The van der Waals surface area contributed by atoms with E-state index in [0.717, 1.165) is 37.1 Å². The van der Waals surface area contributed by atoms with Crippen LogP contribution in [0.5, 0.6) is 11.5 Å². The molecule has 1 aliphatic heterocycles. The van der Waals surface area contributed by atoms with Crippen LogP contribution < -0.4 is 4.74 Å². The summed E-state index contributed by atoms with van der Waals surface area (Å²) in [6.07, 6.45) is 8.62. The molecule has 1 saturated heterocycles. The van der Waals surface area contributed by atoms with E-state index in [1.165, 1.54) is 44.5 Å². The molecular weight excluding hydrogens is 332 g/mol. The van der Waals surface area contributed by atoms with E-state index >= 15 is 0 Å². The van der Waals surface area contributed by atoms with Crippen molar-refractivity contribution in [3.8, 4) is 11.5 Å². The Morgan fingerprint density at radius 1 is 0.815 bits per heavy atom. The normalized spacial score (nSPS) is 21.3. The predicted molar refractivity (Wildman–Crippen MR) is 111 cm³/mol. The van der Waals surface area contributed by atoms with Crippen LogP contribution in [0.3, 0.4) is 0 Å². The highest BCUT2D eigenvalue weighted by atomic mass is 16.5. The number of benzene rings is 2. The maximum absolute atomic E-state index is 5.98. The van der Waals surface area contributed by atoms with E-state index in [9.17, 15) is 0 Å². The number of allylic oxidation sites excluding steroid dienone is 2. The Kier molecular flexibility index (Phi) is 6.23. The smallest absolute Gasteiger partial charge is 0.127 e. The van der Waals surface area contributed by atoms with Crippen LogP contribution in [0.2, 0.25) is 0 Å². The van der Waals surface area contributed by atoms with Gasteiger partial charge in [-0.2, -0.15) is 0 Å². The summed E-state index contributed by atoms with van der Waals surface area (Å²) in [6, 6.07) is 18.5.